The van der Waals surface area contributed by atoms with E-state index in [-0.39, 0.29) is 17.7 Å². The van der Waals surface area contributed by atoms with E-state index in [2.05, 4.69) is 10.1 Å². The second-order valence-electron chi connectivity index (χ2n) is 11.7. The minimum absolute atomic E-state index is 0.0730. The van der Waals surface area contributed by atoms with Gasteiger partial charge in [0.2, 0.25) is 0 Å². The smallest absolute Gasteiger partial charge is 0.461 e. The summed E-state index contributed by atoms with van der Waals surface area (Å²) in [5, 5.41) is 4.35. The van der Waals surface area contributed by atoms with Crippen molar-refractivity contribution in [2.24, 2.45) is 0 Å². The summed E-state index contributed by atoms with van der Waals surface area (Å²) in [5.41, 5.74) is -5.71. The van der Waals surface area contributed by atoms with Crippen molar-refractivity contribution in [1.82, 2.24) is 10.6 Å². The first-order valence-corrected chi connectivity index (χ1v) is 13.6. The van der Waals surface area contributed by atoms with Gasteiger partial charge in [0.05, 0.1) is 5.54 Å². The molecule has 0 radical (unpaired) electrons. The van der Waals surface area contributed by atoms with Gasteiger partial charge in [0.25, 0.3) is 0 Å². The third-order valence-corrected chi connectivity index (χ3v) is 7.00. The molecular weight excluding hydrogens is 619 g/mol. The van der Waals surface area contributed by atoms with Crippen LogP contribution in [0, 0.1) is 11.6 Å². The molecule has 1 saturated carbocycles. The van der Waals surface area contributed by atoms with Crippen LogP contribution < -0.4 is 20.1 Å². The molecule has 45 heavy (non-hydrogen) atoms. The molecule has 2 N–H and O–H groups in total. The Morgan fingerprint density at radius 1 is 0.867 bits per heavy atom. The summed E-state index contributed by atoms with van der Waals surface area (Å²) in [6.45, 7) is 4.81. The van der Waals surface area contributed by atoms with Crippen LogP contribution in [0.25, 0.3) is 0 Å². The van der Waals surface area contributed by atoms with E-state index in [0.29, 0.717) is 11.6 Å². The Bertz CT molecular complexity index is 1520. The van der Waals surface area contributed by atoms with Crippen LogP contribution in [0.1, 0.15) is 50.3 Å². The van der Waals surface area contributed by atoms with E-state index in [0.717, 1.165) is 30.3 Å². The molecule has 1 aliphatic carbocycles. The Hall–Kier alpha value is -4.10. The van der Waals surface area contributed by atoms with Gasteiger partial charge in [0, 0.05) is 12.5 Å². The zero-order valence-electron chi connectivity index (χ0n) is 24.2. The average molecular weight is 649 g/mol. The molecule has 1 unspecified atom stereocenters. The van der Waals surface area contributed by atoms with E-state index in [1.165, 1.54) is 0 Å². The first-order valence-electron chi connectivity index (χ1n) is 13.6. The number of hydrogen-bond donors (Lipinski definition) is 2. The van der Waals surface area contributed by atoms with Crippen LogP contribution in [0.5, 0.6) is 11.5 Å². The van der Waals surface area contributed by atoms with Gasteiger partial charge >= 0.3 is 24.7 Å². The summed E-state index contributed by atoms with van der Waals surface area (Å²) in [4.78, 5) is 13.4. The number of benzene rings is 3. The van der Waals surface area contributed by atoms with Crippen molar-refractivity contribution >= 4 is 6.03 Å². The van der Waals surface area contributed by atoms with Crippen molar-refractivity contribution in [3.63, 3.8) is 0 Å². The number of hydrogen-bond acceptors (Lipinski definition) is 3. The van der Waals surface area contributed by atoms with Gasteiger partial charge in [-0.3, -0.25) is 0 Å². The van der Waals surface area contributed by atoms with Gasteiger partial charge in [-0.05, 0) is 74.6 Å². The third-order valence-electron chi connectivity index (χ3n) is 7.00. The molecule has 5 nitrogen and oxygen atoms in total. The van der Waals surface area contributed by atoms with Crippen LogP contribution in [0.15, 0.2) is 66.7 Å². The van der Waals surface area contributed by atoms with Gasteiger partial charge in [0.1, 0.15) is 22.7 Å². The lowest BCUT2D eigenvalue weighted by molar-refractivity contribution is -0.253. The molecule has 3 aromatic carbocycles. The fourth-order valence-electron chi connectivity index (χ4n) is 4.75. The number of urea groups is 1. The predicted molar refractivity (Wildman–Crippen MR) is 145 cm³/mol. The molecule has 3 aromatic rings. The number of nitrogens with one attached hydrogen (secondary N) is 2. The minimum Gasteiger partial charge on any atom is -0.485 e. The quantitative estimate of drug-likeness (QED) is 0.218. The molecule has 1 fully saturated rings. The number of alkyl halides is 7. The summed E-state index contributed by atoms with van der Waals surface area (Å²) in [6, 6.07) is 11.7. The van der Waals surface area contributed by atoms with E-state index in [9.17, 15) is 39.9 Å². The molecule has 2 amide bonds. The number of rotatable bonds is 10. The molecule has 4 rings (SSSR count). The molecule has 14 heteroatoms. The molecule has 244 valence electrons. The molecule has 0 bridgehead atoms. The monoisotopic (exact) mass is 648 g/mol. The maximum Gasteiger partial charge on any atom is 0.461 e. The molecule has 0 aliphatic heterocycles. The molecule has 0 spiro atoms. The maximum absolute atomic E-state index is 15.1. The highest BCUT2D eigenvalue weighted by molar-refractivity contribution is 5.78. The fraction of sp³-hybridized carbons (Fsp3) is 0.387. The van der Waals surface area contributed by atoms with Crippen LogP contribution in [0.2, 0.25) is 0 Å². The topological polar surface area (TPSA) is 59.6 Å². The first kappa shape index (κ1) is 33.8. The lowest BCUT2D eigenvalue weighted by Crippen LogP contribution is -2.57. The van der Waals surface area contributed by atoms with Crippen LogP contribution in [-0.4, -0.2) is 35.9 Å². The largest absolute Gasteiger partial charge is 0.485 e. The zero-order chi connectivity index (χ0) is 33.4. The van der Waals surface area contributed by atoms with Gasteiger partial charge in [-0.1, -0.05) is 36.4 Å². The van der Waals surface area contributed by atoms with E-state index in [1.54, 1.807) is 51.1 Å². The number of halogens is 9. The minimum atomic E-state index is -5.05. The first-order chi connectivity index (χ1) is 20.8. The molecule has 1 aliphatic rings. The average Bonchev–Trinajstić information content (AvgIpc) is 3.69. The van der Waals surface area contributed by atoms with Crippen LogP contribution in [0.3, 0.4) is 0 Å². The third kappa shape index (κ3) is 7.77. The zero-order valence-corrected chi connectivity index (χ0v) is 24.2. The van der Waals surface area contributed by atoms with Gasteiger partial charge in [-0.25, -0.2) is 13.6 Å². The Balaban J connectivity index is 1.96. The van der Waals surface area contributed by atoms with Crippen molar-refractivity contribution in [1.29, 1.82) is 0 Å². The number of amides is 2. The lowest BCUT2D eigenvalue weighted by atomic mass is 9.77. The standard InChI is InChI=1S/C31H29F9N2O3/c1-27(2,3)45-24-15-19(9-10-23(24)33)29(17-18-7-5-4-6-8-18,42-26(43)41-28(11-12-28)31(38,39)40)20-13-21(32)16-22(14-20)44-30(36,37)25(34)35/h4-10,13-16,25H,11-12,17H2,1-3H3,(H2,41,42,43). The van der Waals surface area contributed by atoms with Crippen LogP contribution >= 0.6 is 0 Å². The molecule has 1 atom stereocenters. The SMILES string of the molecule is CC(C)(C)Oc1cc(C(Cc2ccccc2)(NC(=O)NC2(C(F)(F)F)CC2)c2cc(F)cc(OC(F)(F)C(F)F)c2)ccc1F. The maximum atomic E-state index is 15.1. The fourth-order valence-corrected chi connectivity index (χ4v) is 4.75. The summed E-state index contributed by atoms with van der Waals surface area (Å²) in [7, 11) is 0. The van der Waals surface area contributed by atoms with Gasteiger partial charge < -0.3 is 20.1 Å². The predicted octanol–water partition coefficient (Wildman–Crippen LogP) is 8.26. The number of carbonyl (C=O) groups excluding carboxylic acids is 1. The Kier molecular flexibility index (Phi) is 9.02. The van der Waals surface area contributed by atoms with Crippen molar-refractivity contribution in [3.8, 4) is 11.5 Å². The van der Waals surface area contributed by atoms with E-state index < -0.39 is 77.2 Å². The van der Waals surface area contributed by atoms with Crippen molar-refractivity contribution < 1.29 is 53.8 Å². The van der Waals surface area contributed by atoms with Gasteiger partial charge in [-0.15, -0.1) is 0 Å². The molecule has 0 saturated heterocycles. The molecule has 0 heterocycles. The summed E-state index contributed by atoms with van der Waals surface area (Å²) in [5.74, 6) is -3.56. The Morgan fingerprint density at radius 3 is 2.07 bits per heavy atom. The number of carbonyl (C=O) groups is 1. The van der Waals surface area contributed by atoms with Crippen molar-refractivity contribution in [2.75, 3.05) is 0 Å². The summed E-state index contributed by atoms with van der Waals surface area (Å²) < 4.78 is 135. The second-order valence-corrected chi connectivity index (χ2v) is 11.7. The highest BCUT2D eigenvalue weighted by Gasteiger charge is 2.64. The van der Waals surface area contributed by atoms with Crippen LogP contribution in [0.4, 0.5) is 44.3 Å². The van der Waals surface area contributed by atoms with Gasteiger partial charge in [0.15, 0.2) is 11.6 Å². The van der Waals surface area contributed by atoms with E-state index in [4.69, 9.17) is 4.74 Å². The highest BCUT2D eigenvalue weighted by Crippen LogP contribution is 2.49. The lowest BCUT2D eigenvalue weighted by Gasteiger charge is -2.38. The van der Waals surface area contributed by atoms with E-state index >= 15 is 4.39 Å². The van der Waals surface area contributed by atoms with Crippen molar-refractivity contribution in [2.45, 2.75) is 75.4 Å². The highest BCUT2D eigenvalue weighted by atomic mass is 19.4. The normalized spacial score (nSPS) is 16.1. The number of ether oxygens (including phenoxy) is 2. The Labute approximate surface area is 252 Å². The second kappa shape index (κ2) is 12.0. The van der Waals surface area contributed by atoms with E-state index in [1.807, 2.05) is 5.32 Å². The van der Waals surface area contributed by atoms with Crippen molar-refractivity contribution in [3.05, 3.63) is 95.1 Å². The van der Waals surface area contributed by atoms with Gasteiger partial charge in [-0.2, -0.15) is 30.7 Å². The van der Waals surface area contributed by atoms with Crippen LogP contribution in [-0.2, 0) is 12.0 Å². The summed E-state index contributed by atoms with van der Waals surface area (Å²) in [6.07, 6.45) is -15.4. The molecule has 0 aromatic heterocycles. The summed E-state index contributed by atoms with van der Waals surface area (Å²) >= 11 is 0. The Morgan fingerprint density at radius 2 is 1.51 bits per heavy atom. The molecular formula is C31H29F9N2O3.